The van der Waals surface area contributed by atoms with Crippen LogP contribution in [0, 0.1) is 0 Å². The van der Waals surface area contributed by atoms with Crippen molar-refractivity contribution in [1.29, 1.82) is 0 Å². The van der Waals surface area contributed by atoms with E-state index in [1.807, 2.05) is 6.07 Å². The largest absolute Gasteiger partial charge is 0.490 e. The summed E-state index contributed by atoms with van der Waals surface area (Å²) in [5.41, 5.74) is 15.5. The summed E-state index contributed by atoms with van der Waals surface area (Å²) in [5.74, 6) is -5.01. The van der Waals surface area contributed by atoms with E-state index in [9.17, 15) is 36.0 Å². The van der Waals surface area contributed by atoms with Gasteiger partial charge in [-0.3, -0.25) is 14.4 Å². The first kappa shape index (κ1) is 41.3. The molecule has 1 amide bonds. The van der Waals surface area contributed by atoms with Crippen molar-refractivity contribution in [2.75, 3.05) is 12.0 Å². The Bertz CT molecular complexity index is 2320. The Balaban J connectivity index is 0.000000845. The lowest BCUT2D eigenvalue weighted by Gasteiger charge is -2.23. The summed E-state index contributed by atoms with van der Waals surface area (Å²) < 4.78 is 68.8. The number of ether oxygens (including phenoxy) is 1. The molecule has 0 fully saturated rings. The average Bonchev–Trinajstić information content (AvgIpc) is 3.44. The van der Waals surface area contributed by atoms with Crippen LogP contribution in [0.1, 0.15) is 33.7 Å². The van der Waals surface area contributed by atoms with E-state index in [2.05, 4.69) is 0 Å². The number of nitrogens with zero attached hydrogens (tertiary/aromatic N) is 1. The summed E-state index contributed by atoms with van der Waals surface area (Å²) in [7, 11) is -4.07. The highest BCUT2D eigenvalue weighted by molar-refractivity contribution is 7.88. The minimum atomic E-state index is -5.08. The lowest BCUT2D eigenvalue weighted by atomic mass is 10.0. The third-order valence-corrected chi connectivity index (χ3v) is 9.19. The van der Waals surface area contributed by atoms with E-state index >= 15 is 0 Å². The van der Waals surface area contributed by atoms with Crippen LogP contribution in [0.25, 0.3) is 22.1 Å². The molecule has 5 rings (SSSR count). The van der Waals surface area contributed by atoms with Crippen LogP contribution in [0.4, 0.5) is 18.9 Å². The number of benzene rings is 4. The van der Waals surface area contributed by atoms with Crippen LogP contribution >= 0.6 is 23.2 Å². The van der Waals surface area contributed by atoms with Crippen molar-refractivity contribution >= 4 is 73.5 Å². The van der Waals surface area contributed by atoms with Crippen molar-refractivity contribution in [1.82, 2.24) is 4.31 Å². The molecular weight excluding hydrogens is 778 g/mol. The molecule has 0 aliphatic carbocycles. The summed E-state index contributed by atoms with van der Waals surface area (Å²) in [5, 5.41) is 8.18. The van der Waals surface area contributed by atoms with Gasteiger partial charge in [0.25, 0.3) is 5.91 Å². The molecule has 0 bridgehead atoms. The fourth-order valence-corrected chi connectivity index (χ4v) is 6.22. The van der Waals surface area contributed by atoms with E-state index in [4.69, 9.17) is 53.7 Å². The number of amides is 1. The van der Waals surface area contributed by atoms with Crippen molar-refractivity contribution in [2.24, 2.45) is 5.73 Å². The van der Waals surface area contributed by atoms with Crippen LogP contribution in [-0.2, 0) is 42.3 Å². The number of hydrogen-bond acceptors (Lipinski definition) is 10. The van der Waals surface area contributed by atoms with Crippen molar-refractivity contribution in [2.45, 2.75) is 31.8 Å². The number of esters is 1. The standard InChI is InChI=1S/C34H29Cl2N3O7S.C2HF3O2/c1-47(43,44)39(34(42)28(37)17-30(40)45-19-20-6-3-2-4-7-20)18-21-8-5-9-22(14-21)23-10-12-26-29(15-23)46-33(31(26)38)32(41)25-13-11-24(35)16-27(25)36;3-2(4,5)1(6)7/h2-16,28H,17-19,37-38H2,1H3;(H,6,7)/t28-;/m0./s1. The van der Waals surface area contributed by atoms with Gasteiger partial charge in [0.1, 0.15) is 12.2 Å². The van der Waals surface area contributed by atoms with Crippen LogP contribution < -0.4 is 11.5 Å². The molecule has 54 heavy (non-hydrogen) atoms. The first-order chi connectivity index (χ1) is 25.3. The van der Waals surface area contributed by atoms with Crippen LogP contribution in [0.3, 0.4) is 0 Å². The number of carbonyl (C=O) groups excluding carboxylic acids is 3. The van der Waals surface area contributed by atoms with Gasteiger partial charge < -0.3 is 25.7 Å². The van der Waals surface area contributed by atoms with Gasteiger partial charge in [0.2, 0.25) is 15.8 Å². The topological polar surface area (TPSA) is 200 Å². The van der Waals surface area contributed by atoms with Crippen molar-refractivity contribution < 1.29 is 55.0 Å². The molecule has 0 saturated carbocycles. The Kier molecular flexibility index (Phi) is 13.1. The molecule has 1 heterocycles. The number of anilines is 1. The second-order valence-corrected chi connectivity index (χ2v) is 14.3. The number of halogens is 5. The molecule has 0 aliphatic rings. The number of rotatable bonds is 11. The number of carboxylic acids is 1. The Morgan fingerprint density at radius 3 is 2.15 bits per heavy atom. The number of aliphatic carboxylic acids is 1. The van der Waals surface area contributed by atoms with Gasteiger partial charge in [-0.15, -0.1) is 0 Å². The molecule has 0 aliphatic heterocycles. The molecule has 0 radical (unpaired) electrons. The maximum Gasteiger partial charge on any atom is 0.490 e. The molecule has 4 aromatic carbocycles. The number of nitrogens with two attached hydrogens (primary N) is 2. The Morgan fingerprint density at radius 2 is 1.54 bits per heavy atom. The zero-order valence-corrected chi connectivity index (χ0v) is 30.3. The van der Waals surface area contributed by atoms with Gasteiger partial charge in [-0.25, -0.2) is 17.5 Å². The summed E-state index contributed by atoms with van der Waals surface area (Å²) in [6, 6.07) is 24.0. The van der Waals surface area contributed by atoms with Gasteiger partial charge in [-0.2, -0.15) is 13.2 Å². The Hall–Kier alpha value is -5.42. The number of ketones is 1. The van der Waals surface area contributed by atoms with E-state index in [0.29, 0.717) is 37.0 Å². The van der Waals surface area contributed by atoms with Gasteiger partial charge in [0, 0.05) is 16.0 Å². The minimum Gasteiger partial charge on any atom is -0.475 e. The van der Waals surface area contributed by atoms with Crippen LogP contribution in [-0.4, -0.2) is 59.9 Å². The molecule has 0 spiro atoms. The van der Waals surface area contributed by atoms with Gasteiger partial charge in [0.05, 0.1) is 36.0 Å². The third-order valence-electron chi connectivity index (χ3n) is 7.53. The second kappa shape index (κ2) is 17.2. The number of nitrogen functional groups attached to an aromatic ring is 1. The lowest BCUT2D eigenvalue weighted by Crippen LogP contribution is -2.46. The maximum atomic E-state index is 13.2. The van der Waals surface area contributed by atoms with Crippen molar-refractivity contribution in [3.63, 3.8) is 0 Å². The van der Waals surface area contributed by atoms with E-state index < -0.39 is 52.3 Å². The zero-order chi connectivity index (χ0) is 40.0. The first-order valence-corrected chi connectivity index (χ1v) is 18.0. The first-order valence-electron chi connectivity index (χ1n) is 15.4. The number of hydrogen-bond donors (Lipinski definition) is 3. The number of carbonyl (C=O) groups is 4. The van der Waals surface area contributed by atoms with E-state index in [-0.39, 0.29) is 35.2 Å². The quantitative estimate of drug-likeness (QED) is 0.0959. The smallest absolute Gasteiger partial charge is 0.475 e. The third kappa shape index (κ3) is 10.6. The fourth-order valence-electron chi connectivity index (χ4n) is 4.88. The predicted octanol–water partition coefficient (Wildman–Crippen LogP) is 6.60. The normalized spacial score (nSPS) is 12.0. The Morgan fingerprint density at radius 1 is 0.907 bits per heavy atom. The number of sulfonamides is 1. The second-order valence-electron chi connectivity index (χ2n) is 11.6. The van der Waals surface area contributed by atoms with Gasteiger partial charge in [-0.1, -0.05) is 77.8 Å². The van der Waals surface area contributed by atoms with Gasteiger partial charge in [0.15, 0.2) is 5.76 Å². The number of fused-ring (bicyclic) bond motifs is 1. The minimum absolute atomic E-state index is 0.00607. The van der Waals surface area contributed by atoms with Crippen molar-refractivity contribution in [3.05, 3.63) is 123 Å². The Labute approximate surface area is 316 Å². The predicted molar refractivity (Wildman–Crippen MR) is 194 cm³/mol. The van der Waals surface area contributed by atoms with Crippen LogP contribution in [0.2, 0.25) is 10.0 Å². The highest BCUT2D eigenvalue weighted by Gasteiger charge is 2.38. The summed E-state index contributed by atoms with van der Waals surface area (Å²) in [4.78, 5) is 47.6. The molecule has 5 aromatic rings. The van der Waals surface area contributed by atoms with E-state index in [1.54, 1.807) is 66.7 Å². The van der Waals surface area contributed by atoms with Crippen LogP contribution in [0.5, 0.6) is 0 Å². The molecular formula is C36H30Cl2F3N3O9S. The molecule has 12 nitrogen and oxygen atoms in total. The molecule has 18 heteroatoms. The lowest BCUT2D eigenvalue weighted by molar-refractivity contribution is -0.192. The number of carboxylic acid groups (broad SMARTS) is 1. The fraction of sp³-hybridized carbons (Fsp3) is 0.167. The summed E-state index contributed by atoms with van der Waals surface area (Å²) in [6.45, 7) is -0.331. The number of alkyl halides is 3. The highest BCUT2D eigenvalue weighted by atomic mass is 35.5. The van der Waals surface area contributed by atoms with Crippen LogP contribution in [0.15, 0.2) is 95.4 Å². The molecule has 5 N–H and O–H groups in total. The monoisotopic (exact) mass is 807 g/mol. The van der Waals surface area contributed by atoms with E-state index in [0.717, 1.165) is 11.8 Å². The molecule has 1 aromatic heterocycles. The SMILES string of the molecule is CS(=O)(=O)N(Cc1cccc(-c2ccc3c(N)c(C(=O)c4ccc(Cl)cc4Cl)oc3c2)c1)C(=O)[C@@H](N)CC(=O)OCc1ccccc1.O=C(O)C(F)(F)F. The number of furan rings is 1. The molecule has 284 valence electrons. The molecule has 0 saturated heterocycles. The molecule has 0 unspecified atom stereocenters. The average molecular weight is 809 g/mol. The summed E-state index contributed by atoms with van der Waals surface area (Å²) in [6.07, 6.45) is -4.70. The maximum absolute atomic E-state index is 13.2. The highest BCUT2D eigenvalue weighted by Crippen LogP contribution is 2.35. The van der Waals surface area contributed by atoms with Crippen molar-refractivity contribution in [3.8, 4) is 11.1 Å². The summed E-state index contributed by atoms with van der Waals surface area (Å²) >= 11 is 12.2. The van der Waals surface area contributed by atoms with Gasteiger partial charge in [-0.05, 0) is 58.7 Å². The van der Waals surface area contributed by atoms with E-state index in [1.165, 1.54) is 18.2 Å². The van der Waals surface area contributed by atoms with Gasteiger partial charge >= 0.3 is 18.1 Å². The molecule has 1 atom stereocenters. The zero-order valence-electron chi connectivity index (χ0n) is 28.0.